The van der Waals surface area contributed by atoms with Crippen molar-refractivity contribution in [2.24, 2.45) is 34.5 Å². The van der Waals surface area contributed by atoms with Crippen molar-refractivity contribution >= 4 is 11.6 Å². The third kappa shape index (κ3) is 1.99. The van der Waals surface area contributed by atoms with Gasteiger partial charge < -0.3 is 0 Å². The summed E-state index contributed by atoms with van der Waals surface area (Å²) in [6, 6.07) is 0. The molecule has 0 amide bonds. The van der Waals surface area contributed by atoms with Crippen LogP contribution in [0.1, 0.15) is 72.1 Å². The third-order valence-electron chi connectivity index (χ3n) is 8.25. The lowest BCUT2D eigenvalue weighted by atomic mass is 9.48. The van der Waals surface area contributed by atoms with Crippen molar-refractivity contribution in [3.05, 3.63) is 11.6 Å². The summed E-state index contributed by atoms with van der Waals surface area (Å²) in [5.41, 5.74) is 1.90. The molecule has 4 aliphatic rings. The van der Waals surface area contributed by atoms with Gasteiger partial charge in [0, 0.05) is 6.42 Å². The summed E-state index contributed by atoms with van der Waals surface area (Å²) >= 11 is 0. The molecule has 4 rings (SSSR count). The van der Waals surface area contributed by atoms with Gasteiger partial charge in [0.25, 0.3) is 0 Å². The summed E-state index contributed by atoms with van der Waals surface area (Å²) < 4.78 is 0. The van der Waals surface area contributed by atoms with Gasteiger partial charge in [-0.1, -0.05) is 38.3 Å². The van der Waals surface area contributed by atoms with Gasteiger partial charge in [-0.15, -0.1) is 0 Å². The number of fused-ring (bicyclic) bond motifs is 5. The minimum Gasteiger partial charge on any atom is -0.299 e. The molecule has 0 spiro atoms. The highest BCUT2D eigenvalue weighted by molar-refractivity contribution is 6.04. The van der Waals surface area contributed by atoms with Gasteiger partial charge in [0.05, 0.1) is 5.92 Å². The van der Waals surface area contributed by atoms with E-state index in [0.717, 1.165) is 12.3 Å². The van der Waals surface area contributed by atoms with Crippen molar-refractivity contribution < 1.29 is 9.59 Å². The topological polar surface area (TPSA) is 34.1 Å². The Kier molecular flexibility index (Phi) is 3.42. The quantitative estimate of drug-likeness (QED) is 0.518. The fraction of sp³-hybridized carbons (Fsp3) is 0.810. The molecule has 6 atom stereocenters. The van der Waals surface area contributed by atoms with Crippen LogP contribution in [0, 0.1) is 34.5 Å². The number of hydrogen-bond donors (Lipinski definition) is 0. The summed E-state index contributed by atoms with van der Waals surface area (Å²) in [5, 5.41) is 0. The van der Waals surface area contributed by atoms with Gasteiger partial charge >= 0.3 is 0 Å². The SMILES string of the molecule is CC(=O)[C@H]1C(=O)C[C@H]2C3=CCC4CCCC[C@]4(C)[C@H]3CC[C@]12C. The van der Waals surface area contributed by atoms with E-state index in [0.29, 0.717) is 23.7 Å². The Balaban J connectivity index is 1.73. The molecular formula is C21H30O2. The van der Waals surface area contributed by atoms with E-state index < -0.39 is 0 Å². The zero-order valence-corrected chi connectivity index (χ0v) is 14.9. The highest BCUT2D eigenvalue weighted by atomic mass is 16.2. The van der Waals surface area contributed by atoms with E-state index >= 15 is 0 Å². The first-order chi connectivity index (χ1) is 10.9. The van der Waals surface area contributed by atoms with E-state index in [-0.39, 0.29) is 22.9 Å². The second-order valence-corrected chi connectivity index (χ2v) is 9.25. The maximum atomic E-state index is 12.6. The van der Waals surface area contributed by atoms with Crippen molar-refractivity contribution in [2.45, 2.75) is 72.1 Å². The van der Waals surface area contributed by atoms with E-state index in [9.17, 15) is 9.59 Å². The minimum atomic E-state index is -0.341. The second-order valence-electron chi connectivity index (χ2n) is 9.25. The van der Waals surface area contributed by atoms with Gasteiger partial charge in [0.2, 0.25) is 0 Å². The highest BCUT2D eigenvalue weighted by Crippen LogP contribution is 2.65. The number of carbonyl (C=O) groups excluding carboxylic acids is 2. The normalized spacial score (nSPS) is 49.0. The van der Waals surface area contributed by atoms with Gasteiger partial charge in [-0.3, -0.25) is 9.59 Å². The lowest BCUT2D eigenvalue weighted by Crippen LogP contribution is -2.48. The molecular weight excluding hydrogens is 284 g/mol. The summed E-state index contributed by atoms with van der Waals surface area (Å²) in [6.45, 7) is 6.37. The second kappa shape index (κ2) is 5.04. The summed E-state index contributed by atoms with van der Waals surface area (Å²) in [6.07, 6.45) is 12.1. The molecule has 126 valence electrons. The Morgan fingerprint density at radius 1 is 1.09 bits per heavy atom. The van der Waals surface area contributed by atoms with Crippen LogP contribution in [0.3, 0.4) is 0 Å². The van der Waals surface area contributed by atoms with E-state index in [1.54, 1.807) is 12.5 Å². The van der Waals surface area contributed by atoms with E-state index in [2.05, 4.69) is 19.9 Å². The predicted octanol–water partition coefficient (Wildman–Crippen LogP) is 4.72. The van der Waals surface area contributed by atoms with Crippen molar-refractivity contribution in [3.8, 4) is 0 Å². The van der Waals surface area contributed by atoms with Crippen LogP contribution in [-0.4, -0.2) is 11.6 Å². The van der Waals surface area contributed by atoms with E-state index in [4.69, 9.17) is 0 Å². The standard InChI is InChI=1S/C21H30O2/c1-13(22)19-18(23)12-17-15-8-7-14-6-4-5-10-20(14,2)16(15)9-11-21(17,19)3/h8,14,16-17,19H,4-7,9-12H2,1-3H3/t14?,16-,17-,19-,20-,21-/m0/s1. The first kappa shape index (κ1) is 15.6. The molecule has 0 aromatic heterocycles. The Labute approximate surface area is 140 Å². The molecule has 3 saturated carbocycles. The molecule has 0 aromatic carbocycles. The minimum absolute atomic E-state index is 0.0941. The van der Waals surface area contributed by atoms with Crippen molar-refractivity contribution in [1.82, 2.24) is 0 Å². The van der Waals surface area contributed by atoms with Crippen LogP contribution in [-0.2, 0) is 9.59 Å². The molecule has 2 nitrogen and oxygen atoms in total. The number of rotatable bonds is 1. The highest BCUT2D eigenvalue weighted by Gasteiger charge is 2.60. The number of ketones is 2. The first-order valence-electron chi connectivity index (χ1n) is 9.61. The van der Waals surface area contributed by atoms with Gasteiger partial charge in [-0.05, 0) is 67.6 Å². The van der Waals surface area contributed by atoms with Gasteiger partial charge in [-0.2, -0.15) is 0 Å². The van der Waals surface area contributed by atoms with Crippen LogP contribution in [0.4, 0.5) is 0 Å². The average Bonchev–Trinajstić information content (AvgIpc) is 2.77. The van der Waals surface area contributed by atoms with Crippen molar-refractivity contribution in [2.75, 3.05) is 0 Å². The fourth-order valence-electron chi connectivity index (χ4n) is 7.04. The molecule has 0 aliphatic heterocycles. The molecule has 0 saturated heterocycles. The molecule has 0 N–H and O–H groups in total. The summed E-state index contributed by atoms with van der Waals surface area (Å²) in [4.78, 5) is 24.7. The first-order valence-corrected chi connectivity index (χ1v) is 9.61. The van der Waals surface area contributed by atoms with Crippen molar-refractivity contribution in [3.63, 3.8) is 0 Å². The molecule has 0 bridgehead atoms. The molecule has 4 aliphatic carbocycles. The fourth-order valence-corrected chi connectivity index (χ4v) is 7.04. The Hall–Kier alpha value is -0.920. The number of carbonyl (C=O) groups is 2. The molecule has 0 radical (unpaired) electrons. The molecule has 23 heavy (non-hydrogen) atoms. The molecule has 2 heteroatoms. The lowest BCUT2D eigenvalue weighted by Gasteiger charge is -2.56. The Morgan fingerprint density at radius 3 is 2.61 bits per heavy atom. The number of Topliss-reactive ketones (excluding diaryl/α,β-unsaturated/α-hetero) is 2. The molecule has 0 aromatic rings. The third-order valence-corrected chi connectivity index (χ3v) is 8.25. The molecule has 3 fully saturated rings. The smallest absolute Gasteiger partial charge is 0.144 e. The summed E-state index contributed by atoms with van der Waals surface area (Å²) in [5.74, 6) is 1.81. The van der Waals surface area contributed by atoms with Crippen LogP contribution in [0.25, 0.3) is 0 Å². The van der Waals surface area contributed by atoms with Gasteiger partial charge in [0.1, 0.15) is 11.6 Å². The maximum Gasteiger partial charge on any atom is 0.144 e. The Morgan fingerprint density at radius 2 is 1.87 bits per heavy atom. The molecule has 1 unspecified atom stereocenters. The van der Waals surface area contributed by atoms with Gasteiger partial charge in [-0.25, -0.2) is 0 Å². The van der Waals surface area contributed by atoms with Crippen LogP contribution >= 0.6 is 0 Å². The van der Waals surface area contributed by atoms with Crippen LogP contribution in [0.15, 0.2) is 11.6 Å². The lowest BCUT2D eigenvalue weighted by molar-refractivity contribution is -0.133. The van der Waals surface area contributed by atoms with E-state index in [1.165, 1.54) is 38.5 Å². The van der Waals surface area contributed by atoms with Crippen LogP contribution in [0.5, 0.6) is 0 Å². The Bertz CT molecular complexity index is 589. The number of allylic oxidation sites excluding steroid dienone is 2. The van der Waals surface area contributed by atoms with E-state index in [1.807, 2.05) is 0 Å². The molecule has 0 heterocycles. The predicted molar refractivity (Wildman–Crippen MR) is 90.9 cm³/mol. The zero-order chi connectivity index (χ0) is 16.4. The number of hydrogen-bond acceptors (Lipinski definition) is 2. The van der Waals surface area contributed by atoms with Crippen LogP contribution < -0.4 is 0 Å². The average molecular weight is 314 g/mol. The zero-order valence-electron chi connectivity index (χ0n) is 14.9. The largest absolute Gasteiger partial charge is 0.299 e. The maximum absolute atomic E-state index is 12.6. The summed E-state index contributed by atoms with van der Waals surface area (Å²) in [7, 11) is 0. The van der Waals surface area contributed by atoms with Crippen molar-refractivity contribution in [1.29, 1.82) is 0 Å². The van der Waals surface area contributed by atoms with Gasteiger partial charge in [0.15, 0.2) is 0 Å². The van der Waals surface area contributed by atoms with Crippen LogP contribution in [0.2, 0.25) is 0 Å². The monoisotopic (exact) mass is 314 g/mol.